The van der Waals surface area contributed by atoms with Gasteiger partial charge in [-0.3, -0.25) is 9.79 Å². The molecule has 0 aliphatic carbocycles. The number of nitrogens with two attached hydrogens (primary N) is 1. The molecule has 2 aliphatic rings. The van der Waals surface area contributed by atoms with Crippen molar-refractivity contribution in [1.29, 1.82) is 10.5 Å². The summed E-state index contributed by atoms with van der Waals surface area (Å²) in [7, 11) is 0. The first-order valence-corrected chi connectivity index (χ1v) is 10.5. The fraction of sp³-hybridized carbons (Fsp3) is 0.375. The van der Waals surface area contributed by atoms with Crippen LogP contribution in [0.5, 0.6) is 0 Å². The van der Waals surface area contributed by atoms with Gasteiger partial charge < -0.3 is 15.8 Å². The van der Waals surface area contributed by atoms with Crippen LogP contribution in [-0.4, -0.2) is 35.0 Å². The lowest BCUT2D eigenvalue weighted by Crippen LogP contribution is -2.51. The predicted octanol–water partition coefficient (Wildman–Crippen LogP) is 2.95. The van der Waals surface area contributed by atoms with E-state index in [1.807, 2.05) is 13.0 Å². The van der Waals surface area contributed by atoms with Crippen molar-refractivity contribution in [2.45, 2.75) is 38.3 Å². The minimum atomic E-state index is -0.890. The highest BCUT2D eigenvalue weighted by Crippen LogP contribution is 2.47. The van der Waals surface area contributed by atoms with E-state index in [-0.39, 0.29) is 36.6 Å². The standard InChI is InChI=1S/C24H23FN6O2/c1-14-18-9-23(2,12-27)22(28)31-24(18,13-33-14)8-16-7-17(4-5-19(16)25)30-21(32)20-6-3-15(10-26)11-29-20/h3-7,11,14,18H,8-9,13H2,1-2H3,(H2,28,31)(H,30,32)/t14-,18-,23-,24+/m0/s1. The maximum absolute atomic E-state index is 14.8. The van der Waals surface area contributed by atoms with Crippen LogP contribution in [0.4, 0.5) is 10.1 Å². The second-order valence-corrected chi connectivity index (χ2v) is 8.85. The van der Waals surface area contributed by atoms with Gasteiger partial charge in [-0.05, 0) is 56.2 Å². The Morgan fingerprint density at radius 1 is 1.36 bits per heavy atom. The van der Waals surface area contributed by atoms with Crippen molar-refractivity contribution >= 4 is 17.4 Å². The monoisotopic (exact) mass is 446 g/mol. The molecule has 0 saturated carbocycles. The molecule has 0 radical (unpaired) electrons. The van der Waals surface area contributed by atoms with Crippen LogP contribution in [0.25, 0.3) is 0 Å². The molecule has 0 unspecified atom stereocenters. The molecule has 9 heteroatoms. The number of ether oxygens (including phenoxy) is 1. The SMILES string of the molecule is C[C@@H]1OC[C@@]2(Cc3cc(NC(=O)c4ccc(C#N)cn4)ccc3F)N=C(N)[C@](C)(C#N)C[C@@H]12. The van der Waals surface area contributed by atoms with Gasteiger partial charge in [0.15, 0.2) is 0 Å². The number of aliphatic imine (C=N–C) groups is 1. The highest BCUT2D eigenvalue weighted by atomic mass is 19.1. The number of halogens is 1. The van der Waals surface area contributed by atoms with Crippen LogP contribution in [0.1, 0.15) is 41.9 Å². The van der Waals surface area contributed by atoms with Gasteiger partial charge in [-0.2, -0.15) is 10.5 Å². The zero-order chi connectivity index (χ0) is 23.8. The van der Waals surface area contributed by atoms with Crippen LogP contribution in [0.15, 0.2) is 41.5 Å². The molecule has 2 aliphatic heterocycles. The average molecular weight is 446 g/mol. The second-order valence-electron chi connectivity index (χ2n) is 8.85. The molecule has 3 N–H and O–H groups in total. The molecule has 1 amide bonds. The summed E-state index contributed by atoms with van der Waals surface area (Å²) in [4.78, 5) is 21.2. The van der Waals surface area contributed by atoms with Gasteiger partial charge in [0.1, 0.15) is 28.8 Å². The molecule has 1 aromatic carbocycles. The predicted molar refractivity (Wildman–Crippen MR) is 119 cm³/mol. The number of pyridine rings is 1. The minimum absolute atomic E-state index is 0.102. The number of rotatable bonds is 4. The summed E-state index contributed by atoms with van der Waals surface area (Å²) in [5, 5.41) is 21.2. The summed E-state index contributed by atoms with van der Waals surface area (Å²) in [6.45, 7) is 3.96. The number of nitriles is 2. The number of aromatic nitrogens is 1. The van der Waals surface area contributed by atoms with Crippen LogP contribution < -0.4 is 11.1 Å². The third kappa shape index (κ3) is 4.04. The molecule has 0 spiro atoms. The number of fused-ring (bicyclic) bond motifs is 1. The first-order chi connectivity index (χ1) is 15.7. The van der Waals surface area contributed by atoms with E-state index in [2.05, 4.69) is 16.4 Å². The first kappa shape index (κ1) is 22.4. The van der Waals surface area contributed by atoms with E-state index in [9.17, 15) is 14.4 Å². The average Bonchev–Trinajstić information content (AvgIpc) is 3.11. The molecular weight excluding hydrogens is 423 g/mol. The lowest BCUT2D eigenvalue weighted by molar-refractivity contribution is 0.0995. The molecule has 8 nitrogen and oxygen atoms in total. The first-order valence-electron chi connectivity index (χ1n) is 10.5. The highest BCUT2D eigenvalue weighted by Gasteiger charge is 2.55. The maximum Gasteiger partial charge on any atom is 0.274 e. The summed E-state index contributed by atoms with van der Waals surface area (Å²) in [5.41, 5.74) is 5.75. The molecule has 1 saturated heterocycles. The number of hydrogen-bond donors (Lipinski definition) is 2. The largest absolute Gasteiger partial charge is 0.386 e. The summed E-state index contributed by atoms with van der Waals surface area (Å²) in [6, 6.07) is 11.5. The smallest absolute Gasteiger partial charge is 0.274 e. The number of hydrogen-bond acceptors (Lipinski definition) is 7. The van der Waals surface area contributed by atoms with Crippen molar-refractivity contribution in [3.05, 3.63) is 59.2 Å². The highest BCUT2D eigenvalue weighted by molar-refractivity contribution is 6.02. The number of nitrogens with one attached hydrogen (secondary N) is 1. The van der Waals surface area contributed by atoms with Crippen LogP contribution >= 0.6 is 0 Å². The van der Waals surface area contributed by atoms with Gasteiger partial charge in [0.05, 0.1) is 29.9 Å². The summed E-state index contributed by atoms with van der Waals surface area (Å²) in [6.07, 6.45) is 1.85. The molecule has 168 valence electrons. The van der Waals surface area contributed by atoms with E-state index in [4.69, 9.17) is 20.7 Å². The Hall–Kier alpha value is -3.82. The lowest BCUT2D eigenvalue weighted by atomic mass is 9.67. The van der Waals surface area contributed by atoms with Gasteiger partial charge in [0, 0.05) is 24.2 Å². The van der Waals surface area contributed by atoms with Crippen molar-refractivity contribution in [2.24, 2.45) is 22.1 Å². The van der Waals surface area contributed by atoms with Crippen LogP contribution in [0.3, 0.4) is 0 Å². The molecule has 1 aromatic heterocycles. The van der Waals surface area contributed by atoms with Crippen LogP contribution in [0, 0.1) is 39.8 Å². The molecular formula is C24H23FN6O2. The molecule has 0 bridgehead atoms. The van der Waals surface area contributed by atoms with Crippen molar-refractivity contribution in [3.8, 4) is 12.1 Å². The summed E-state index contributed by atoms with van der Waals surface area (Å²) in [5.74, 6) is -0.777. The Morgan fingerprint density at radius 3 is 2.82 bits per heavy atom. The minimum Gasteiger partial charge on any atom is -0.386 e. The Labute approximate surface area is 190 Å². The molecule has 1 fully saturated rings. The Balaban J connectivity index is 1.61. The summed E-state index contributed by atoms with van der Waals surface area (Å²) < 4.78 is 20.7. The van der Waals surface area contributed by atoms with E-state index in [1.165, 1.54) is 30.5 Å². The third-order valence-electron chi connectivity index (χ3n) is 6.56. The topological polar surface area (TPSA) is 137 Å². The van der Waals surface area contributed by atoms with Crippen LogP contribution in [-0.2, 0) is 11.2 Å². The van der Waals surface area contributed by atoms with E-state index in [1.54, 1.807) is 13.0 Å². The number of carbonyl (C=O) groups is 1. The molecule has 3 heterocycles. The number of nitrogens with zero attached hydrogens (tertiary/aromatic N) is 4. The van der Waals surface area contributed by atoms with E-state index >= 15 is 0 Å². The lowest BCUT2D eigenvalue weighted by Gasteiger charge is -2.41. The van der Waals surface area contributed by atoms with Gasteiger partial charge in [-0.25, -0.2) is 9.37 Å². The third-order valence-corrected chi connectivity index (χ3v) is 6.56. The van der Waals surface area contributed by atoms with Crippen molar-refractivity contribution in [3.63, 3.8) is 0 Å². The van der Waals surface area contributed by atoms with Gasteiger partial charge >= 0.3 is 0 Å². The van der Waals surface area contributed by atoms with Crippen molar-refractivity contribution in [2.75, 3.05) is 11.9 Å². The van der Waals surface area contributed by atoms with Gasteiger partial charge in [-0.1, -0.05) is 0 Å². The van der Waals surface area contributed by atoms with Crippen LogP contribution in [0.2, 0.25) is 0 Å². The molecule has 4 atom stereocenters. The quantitative estimate of drug-likeness (QED) is 0.741. The number of amides is 1. The second kappa shape index (κ2) is 8.27. The fourth-order valence-electron chi connectivity index (χ4n) is 4.55. The van der Waals surface area contributed by atoms with Gasteiger partial charge in [0.25, 0.3) is 5.91 Å². The molecule has 2 aromatic rings. The Morgan fingerprint density at radius 2 is 2.15 bits per heavy atom. The number of carbonyl (C=O) groups excluding carboxylic acids is 1. The fourth-order valence-corrected chi connectivity index (χ4v) is 4.55. The number of anilines is 1. The maximum atomic E-state index is 14.8. The van der Waals surface area contributed by atoms with E-state index in [0.29, 0.717) is 23.2 Å². The van der Waals surface area contributed by atoms with E-state index < -0.39 is 22.7 Å². The zero-order valence-corrected chi connectivity index (χ0v) is 18.3. The molecule has 33 heavy (non-hydrogen) atoms. The molecule has 4 rings (SSSR count). The van der Waals surface area contributed by atoms with Crippen molar-refractivity contribution < 1.29 is 13.9 Å². The van der Waals surface area contributed by atoms with Gasteiger partial charge in [0.2, 0.25) is 0 Å². The summed E-state index contributed by atoms with van der Waals surface area (Å²) >= 11 is 0. The normalized spacial score (nSPS) is 28.2. The van der Waals surface area contributed by atoms with Crippen molar-refractivity contribution in [1.82, 2.24) is 4.98 Å². The number of benzene rings is 1. The Kier molecular flexibility index (Phi) is 5.61. The Bertz CT molecular complexity index is 1210. The van der Waals surface area contributed by atoms with E-state index in [0.717, 1.165) is 0 Å². The zero-order valence-electron chi connectivity index (χ0n) is 18.3. The van der Waals surface area contributed by atoms with Gasteiger partial charge in [-0.15, -0.1) is 0 Å². The number of amidine groups is 1.